The molecule has 0 saturated carbocycles. The first-order chi connectivity index (χ1) is 21.0. The molecule has 0 aliphatic heterocycles. The van der Waals surface area contributed by atoms with Gasteiger partial charge in [0.15, 0.2) is 0 Å². The van der Waals surface area contributed by atoms with Crippen LogP contribution in [0.4, 0.5) is 4.39 Å². The average Bonchev–Trinajstić information content (AvgIpc) is 3.00. The van der Waals surface area contributed by atoms with Gasteiger partial charge in [0.25, 0.3) is 0 Å². The minimum atomic E-state index is -0.760. The molecule has 2 aromatic heterocycles. The van der Waals surface area contributed by atoms with E-state index in [4.69, 9.17) is 0 Å². The van der Waals surface area contributed by atoms with E-state index < -0.39 is 36.3 Å². The van der Waals surface area contributed by atoms with Crippen molar-refractivity contribution in [3.05, 3.63) is 121 Å². The summed E-state index contributed by atoms with van der Waals surface area (Å²) in [6.45, 7) is 8.05. The second-order valence-corrected chi connectivity index (χ2v) is 10.9. The topological polar surface area (TPSA) is 107 Å². The Bertz CT molecular complexity index is 1540. The maximum absolute atomic E-state index is 12.8. The zero-order chi connectivity index (χ0) is 32.2. The number of hydrogen-bond donors (Lipinski definition) is 4. The van der Waals surface area contributed by atoms with Crippen LogP contribution < -0.4 is 0 Å². The van der Waals surface area contributed by atoms with Crippen LogP contribution in [-0.4, -0.2) is 54.8 Å². The van der Waals surface area contributed by atoms with Crippen LogP contribution in [0.2, 0.25) is 0 Å². The molecule has 251 valence electrons. The van der Waals surface area contributed by atoms with Crippen LogP contribution in [0.15, 0.2) is 97.2 Å². The average molecular weight is 984 g/mol. The molecule has 4 atom stereocenters. The molecule has 5 rings (SSSR count). The zero-order valence-electron chi connectivity index (χ0n) is 26.4. The van der Waals surface area contributed by atoms with E-state index in [-0.39, 0.29) is 47.0 Å². The van der Waals surface area contributed by atoms with Gasteiger partial charge < -0.3 is 25.4 Å². The maximum Gasteiger partial charge on any atom is 0.0595 e. The van der Waals surface area contributed by atoms with Gasteiger partial charge >= 0.3 is 0 Å². The molecule has 6 nitrogen and oxygen atoms in total. The minimum Gasteiger partial charge on any atom is -0.393 e. The van der Waals surface area contributed by atoms with Gasteiger partial charge in [0, 0.05) is 65.0 Å². The van der Waals surface area contributed by atoms with Crippen LogP contribution in [0, 0.1) is 36.7 Å². The zero-order valence-corrected chi connectivity index (χ0v) is 31.1. The van der Waals surface area contributed by atoms with E-state index in [0.29, 0.717) is 0 Å². The summed E-state index contributed by atoms with van der Waals surface area (Å²) in [7, 11) is 0. The largest absolute Gasteiger partial charge is 0.393 e. The van der Waals surface area contributed by atoms with Gasteiger partial charge in [0.2, 0.25) is 0 Å². The third-order valence-electron chi connectivity index (χ3n) is 7.28. The molecule has 0 amide bonds. The number of benzene rings is 3. The number of aromatic nitrogens is 2. The van der Waals surface area contributed by atoms with Crippen molar-refractivity contribution in [2.45, 2.75) is 59.0 Å². The molecule has 0 bridgehead atoms. The molecule has 3 aromatic carbocycles. The van der Waals surface area contributed by atoms with E-state index >= 15 is 0 Å². The van der Waals surface area contributed by atoms with Crippen molar-refractivity contribution in [1.29, 1.82) is 0 Å². The Balaban J connectivity index is 0.000000339. The predicted molar refractivity (Wildman–Crippen MR) is 173 cm³/mol. The van der Waals surface area contributed by atoms with Crippen molar-refractivity contribution < 1.29 is 66.0 Å². The third-order valence-corrected chi connectivity index (χ3v) is 7.28. The van der Waals surface area contributed by atoms with E-state index in [9.17, 15) is 24.8 Å². The summed E-state index contributed by atoms with van der Waals surface area (Å²) in [5, 5.41) is 39.0. The molecular weight excluding hydrogens is 943 g/mol. The number of hydrogen-bond acceptors (Lipinski definition) is 6. The van der Waals surface area contributed by atoms with Crippen molar-refractivity contribution in [3.63, 3.8) is 0 Å². The fourth-order valence-corrected chi connectivity index (χ4v) is 5.22. The van der Waals surface area contributed by atoms with Crippen molar-refractivity contribution in [2.75, 3.05) is 0 Å². The molecule has 0 spiro atoms. The van der Waals surface area contributed by atoms with Crippen LogP contribution in [0.1, 0.15) is 33.3 Å². The van der Waals surface area contributed by atoms with E-state index in [1.807, 2.05) is 73.7 Å². The summed E-state index contributed by atoms with van der Waals surface area (Å²) < 4.78 is 12.8. The van der Waals surface area contributed by atoms with Gasteiger partial charge in [-0.3, -0.25) is 9.37 Å². The number of pyridine rings is 2. The van der Waals surface area contributed by atoms with Gasteiger partial charge in [-0.25, -0.2) is 0 Å². The van der Waals surface area contributed by atoms with Gasteiger partial charge in [-0.1, -0.05) is 49.4 Å². The van der Waals surface area contributed by atoms with Crippen molar-refractivity contribution in [2.24, 2.45) is 11.8 Å². The monoisotopic (exact) mass is 984 g/mol. The molecule has 0 aliphatic rings. The standard InChI is InChI=1S/C15H10N.C12H9FN.C10H22O4.Ir.Pt/c1-2-6-12(7-3-1)15-11-10-13-8-4-5-9-14(13)16-15;1-9-8-10(13)5-6-11(9)12-4-2-3-7-14-12;1-5(11)9(6(2)12)10(7(3)13)8(4)14;;/h1-6,8-11H;2-5,7-8H,1H3;5-14H,1-4H3;;/q2*-1;;;. The van der Waals surface area contributed by atoms with E-state index in [1.54, 1.807) is 33.9 Å². The second kappa shape index (κ2) is 20.5. The molecule has 46 heavy (non-hydrogen) atoms. The molecule has 4 unspecified atom stereocenters. The number of aliphatic hydroxyl groups is 4. The molecule has 5 aromatic rings. The minimum absolute atomic E-state index is 0. The molecule has 0 saturated heterocycles. The first-order valence-electron chi connectivity index (χ1n) is 14.6. The van der Waals surface area contributed by atoms with Gasteiger partial charge in [0.1, 0.15) is 0 Å². The molecular formula is C37H41FIrN2O4Pt-2. The van der Waals surface area contributed by atoms with Crippen molar-refractivity contribution in [3.8, 4) is 22.5 Å². The Morgan fingerprint density at radius 3 is 1.80 bits per heavy atom. The summed E-state index contributed by atoms with van der Waals surface area (Å²) in [5.41, 5.74) is 5.56. The second-order valence-electron chi connectivity index (χ2n) is 10.9. The van der Waals surface area contributed by atoms with E-state index in [0.717, 1.165) is 33.6 Å². The first kappa shape index (κ1) is 41.4. The molecule has 4 N–H and O–H groups in total. The van der Waals surface area contributed by atoms with Gasteiger partial charge in [-0.05, 0) is 56.6 Å². The number of halogens is 1. The Morgan fingerprint density at radius 2 is 1.28 bits per heavy atom. The summed E-state index contributed by atoms with van der Waals surface area (Å²) in [5.74, 6) is -1.30. The van der Waals surface area contributed by atoms with Crippen LogP contribution in [-0.2, 0) is 41.2 Å². The number of aliphatic hydroxyl groups excluding tert-OH is 4. The Kier molecular flexibility index (Phi) is 18.5. The summed E-state index contributed by atoms with van der Waals surface area (Å²) >= 11 is 0. The molecule has 2 heterocycles. The fourth-order valence-electron chi connectivity index (χ4n) is 5.22. The van der Waals surface area contributed by atoms with Crippen LogP contribution >= 0.6 is 0 Å². The Hall–Kier alpha value is -2.67. The number of para-hydroxylation sites is 1. The van der Waals surface area contributed by atoms with Crippen molar-refractivity contribution >= 4 is 10.9 Å². The number of fused-ring (bicyclic) bond motifs is 1. The SMILES string of the molecule is CC(O)C(C(C)O)C(C(C)O)C(C)O.Cc1cc(F)c[c-]c1-c1ccccn1.[Ir].[Pt].[c-]1ccccc1-c1ccc2ccccc2n1. The van der Waals surface area contributed by atoms with E-state index in [2.05, 4.69) is 34.2 Å². The maximum atomic E-state index is 12.8. The van der Waals surface area contributed by atoms with Gasteiger partial charge in [-0.2, -0.15) is 0 Å². The van der Waals surface area contributed by atoms with Crippen molar-refractivity contribution in [1.82, 2.24) is 9.97 Å². The summed E-state index contributed by atoms with van der Waals surface area (Å²) in [4.78, 5) is 8.80. The van der Waals surface area contributed by atoms with Gasteiger partial charge in [-0.15, -0.1) is 65.2 Å². The molecule has 9 heteroatoms. The Morgan fingerprint density at radius 1 is 0.696 bits per heavy atom. The van der Waals surface area contributed by atoms with Crippen LogP contribution in [0.5, 0.6) is 0 Å². The van der Waals surface area contributed by atoms with E-state index in [1.165, 1.54) is 17.5 Å². The first-order valence-corrected chi connectivity index (χ1v) is 14.6. The third kappa shape index (κ3) is 12.2. The fraction of sp³-hybridized carbons (Fsp3) is 0.297. The van der Waals surface area contributed by atoms with Crippen LogP contribution in [0.3, 0.4) is 0 Å². The quantitative estimate of drug-likeness (QED) is 0.140. The van der Waals surface area contributed by atoms with Crippen LogP contribution in [0.25, 0.3) is 33.4 Å². The summed E-state index contributed by atoms with van der Waals surface area (Å²) in [6.07, 6.45) is -1.33. The molecule has 0 aliphatic carbocycles. The Labute approximate surface area is 299 Å². The smallest absolute Gasteiger partial charge is 0.0595 e. The van der Waals surface area contributed by atoms with Gasteiger partial charge in [0.05, 0.1) is 29.9 Å². The molecule has 0 fully saturated rings. The summed E-state index contributed by atoms with van der Waals surface area (Å²) in [6, 6.07) is 34.7. The number of nitrogens with zero attached hydrogens (tertiary/aromatic N) is 2. The predicted octanol–water partition coefficient (Wildman–Crippen LogP) is 6.44. The molecule has 1 radical (unpaired) electrons. The number of aryl methyl sites for hydroxylation is 1. The normalized spacial score (nSPS) is 14.3. The number of rotatable bonds is 7.